The van der Waals surface area contributed by atoms with Gasteiger partial charge in [0.25, 0.3) is 0 Å². The van der Waals surface area contributed by atoms with Crippen molar-refractivity contribution in [2.45, 2.75) is 5.54 Å². The third kappa shape index (κ3) is 4.34. The molecule has 3 heterocycles. The molecule has 2 aliphatic heterocycles. The molecule has 1 atom stereocenters. The Morgan fingerprint density at radius 1 is 0.463 bits per heavy atom. The van der Waals surface area contributed by atoms with Gasteiger partial charge < -0.3 is 4.57 Å². The molecule has 0 saturated heterocycles. The highest BCUT2D eigenvalue weighted by atomic mass is 15.2. The average Bonchev–Trinajstić information content (AvgIpc) is 3.95. The van der Waals surface area contributed by atoms with E-state index in [9.17, 15) is 0 Å². The summed E-state index contributed by atoms with van der Waals surface area (Å²) in [5.74, 6) is 1.62. The topological polar surface area (TPSA) is 42.5 Å². The third-order valence-corrected chi connectivity index (χ3v) is 11.0. The maximum absolute atomic E-state index is 5.64. The van der Waals surface area contributed by atoms with Crippen LogP contribution < -0.4 is 0 Å². The van der Waals surface area contributed by atoms with Crippen LogP contribution in [0.15, 0.2) is 209 Å². The summed E-state index contributed by atoms with van der Waals surface area (Å²) >= 11 is 0. The summed E-state index contributed by atoms with van der Waals surface area (Å²) in [6.45, 7) is 0. The molecule has 0 fully saturated rings. The van der Waals surface area contributed by atoms with Crippen molar-refractivity contribution in [2.75, 3.05) is 0 Å². The van der Waals surface area contributed by atoms with Crippen molar-refractivity contribution in [3.63, 3.8) is 0 Å². The van der Waals surface area contributed by atoms with E-state index in [1.165, 1.54) is 21.9 Å². The molecule has 1 aromatic heterocycles. The quantitative estimate of drug-likeness (QED) is 0.181. The zero-order valence-corrected chi connectivity index (χ0v) is 29.3. The van der Waals surface area contributed by atoms with E-state index in [1.54, 1.807) is 0 Å². The number of allylic oxidation sites excluding steroid dienone is 2. The van der Waals surface area contributed by atoms with E-state index in [0.29, 0.717) is 5.82 Å². The molecule has 54 heavy (non-hydrogen) atoms. The number of rotatable bonds is 4. The Morgan fingerprint density at radius 3 is 1.69 bits per heavy atom. The van der Waals surface area contributed by atoms with Gasteiger partial charge in [-0.1, -0.05) is 194 Å². The Morgan fingerprint density at radius 2 is 1.02 bits per heavy atom. The highest BCUT2D eigenvalue weighted by molar-refractivity contribution is 6.55. The minimum Gasteiger partial charge on any atom is -0.304 e. The molecule has 1 spiro atoms. The van der Waals surface area contributed by atoms with E-state index in [-0.39, 0.29) is 0 Å². The number of fused-ring (bicyclic) bond motifs is 9. The molecular weight excluding hydrogens is 657 g/mol. The Hall–Kier alpha value is -7.17. The molecular formula is C50H32N4. The van der Waals surface area contributed by atoms with Gasteiger partial charge >= 0.3 is 0 Å². The first-order valence-electron chi connectivity index (χ1n) is 18.4. The standard InChI is InChI=1S/C50H32N4/c1-5-19-35(20-6-1)44-45(36-21-7-2-8-22-36)52-48(51-44)42-32-30-34-18-14-16-28-41(34)50(42)43-39-27-15-13-17-33(39)29-31-40(43)49-53-46(37-23-9-3-10-24-37)47(54(49)50)38-25-11-4-12-26-38/h1-32H. The lowest BCUT2D eigenvalue weighted by atomic mass is 9.70. The lowest BCUT2D eigenvalue weighted by molar-refractivity contribution is 0.542. The van der Waals surface area contributed by atoms with Crippen LogP contribution in [0, 0.1) is 0 Å². The van der Waals surface area contributed by atoms with Gasteiger partial charge in [0, 0.05) is 39.0 Å². The van der Waals surface area contributed by atoms with Gasteiger partial charge in [0.2, 0.25) is 0 Å². The van der Waals surface area contributed by atoms with Crippen LogP contribution in [0.5, 0.6) is 0 Å². The maximum Gasteiger partial charge on any atom is 0.159 e. The van der Waals surface area contributed by atoms with Crippen LogP contribution in [-0.4, -0.2) is 21.0 Å². The second-order valence-corrected chi connectivity index (χ2v) is 13.9. The summed E-state index contributed by atoms with van der Waals surface area (Å²) in [6.07, 6.45) is 4.50. The molecule has 252 valence electrons. The van der Waals surface area contributed by atoms with Crippen molar-refractivity contribution >= 4 is 28.3 Å². The number of nitrogens with zero attached hydrogens (tertiary/aromatic N) is 4. The molecule has 11 rings (SSSR count). The molecule has 4 nitrogen and oxygen atoms in total. The molecule has 3 aliphatic rings. The van der Waals surface area contributed by atoms with Gasteiger partial charge in [-0.05, 0) is 21.9 Å². The molecule has 0 amide bonds. The predicted octanol–water partition coefficient (Wildman–Crippen LogP) is 11.4. The van der Waals surface area contributed by atoms with Crippen LogP contribution in [0.2, 0.25) is 0 Å². The van der Waals surface area contributed by atoms with Crippen LogP contribution in [0.1, 0.15) is 27.8 Å². The number of aliphatic imine (C=N–C) groups is 2. The van der Waals surface area contributed by atoms with E-state index in [2.05, 4.69) is 187 Å². The molecule has 1 unspecified atom stereocenters. The van der Waals surface area contributed by atoms with E-state index >= 15 is 0 Å². The van der Waals surface area contributed by atoms with E-state index < -0.39 is 5.54 Å². The van der Waals surface area contributed by atoms with E-state index in [0.717, 1.165) is 67.6 Å². The lowest BCUT2D eigenvalue weighted by Crippen LogP contribution is -2.38. The van der Waals surface area contributed by atoms with E-state index in [4.69, 9.17) is 15.0 Å². The van der Waals surface area contributed by atoms with Crippen molar-refractivity contribution < 1.29 is 0 Å². The van der Waals surface area contributed by atoms with Gasteiger partial charge in [-0.3, -0.25) is 0 Å². The SMILES string of the molecule is C1=Cc2ccccc2C2(C1=C1N=C(c3ccccc3)C(c3ccccc3)=N1)c1c(ccc3ccccc13)-c1nc(-c3ccccc3)c(-c3ccccc3)n12. The van der Waals surface area contributed by atoms with Gasteiger partial charge in [-0.25, -0.2) is 15.0 Å². The Balaban J connectivity index is 1.34. The molecule has 0 bridgehead atoms. The summed E-state index contributed by atoms with van der Waals surface area (Å²) in [5, 5.41) is 2.36. The van der Waals surface area contributed by atoms with Crippen molar-refractivity contribution in [2.24, 2.45) is 9.98 Å². The highest BCUT2D eigenvalue weighted by Gasteiger charge is 2.54. The molecule has 0 radical (unpaired) electrons. The summed E-state index contributed by atoms with van der Waals surface area (Å²) in [5.41, 5.74) is 12.7. The molecule has 0 saturated carbocycles. The zero-order valence-electron chi connectivity index (χ0n) is 29.3. The summed E-state index contributed by atoms with van der Waals surface area (Å²) in [6, 6.07) is 64.2. The number of hydrogen-bond acceptors (Lipinski definition) is 3. The summed E-state index contributed by atoms with van der Waals surface area (Å²) in [7, 11) is 0. The monoisotopic (exact) mass is 688 g/mol. The second-order valence-electron chi connectivity index (χ2n) is 13.9. The van der Waals surface area contributed by atoms with Crippen molar-refractivity contribution in [1.82, 2.24) is 9.55 Å². The normalized spacial score (nSPS) is 16.7. The maximum atomic E-state index is 5.64. The number of benzene rings is 7. The zero-order chi connectivity index (χ0) is 35.6. The average molecular weight is 689 g/mol. The fourth-order valence-electron chi connectivity index (χ4n) is 8.76. The summed E-state index contributed by atoms with van der Waals surface area (Å²) < 4.78 is 2.51. The Labute approximate surface area is 313 Å². The number of hydrogen-bond donors (Lipinski definition) is 0. The van der Waals surface area contributed by atoms with Crippen LogP contribution in [0.25, 0.3) is 50.8 Å². The van der Waals surface area contributed by atoms with Gasteiger partial charge in [-0.2, -0.15) is 0 Å². The minimum absolute atomic E-state index is 0.694. The smallest absolute Gasteiger partial charge is 0.159 e. The van der Waals surface area contributed by atoms with Crippen molar-refractivity contribution in [3.05, 3.63) is 227 Å². The number of imidazole rings is 1. The van der Waals surface area contributed by atoms with Crippen molar-refractivity contribution in [1.29, 1.82) is 0 Å². The predicted molar refractivity (Wildman–Crippen MR) is 221 cm³/mol. The third-order valence-electron chi connectivity index (χ3n) is 11.0. The van der Waals surface area contributed by atoms with Crippen LogP contribution in [-0.2, 0) is 5.54 Å². The second kappa shape index (κ2) is 11.9. The molecule has 1 aliphatic carbocycles. The first kappa shape index (κ1) is 30.5. The first-order chi connectivity index (χ1) is 26.8. The molecule has 4 heteroatoms. The molecule has 7 aromatic carbocycles. The molecule has 8 aromatic rings. The van der Waals surface area contributed by atoms with Crippen LogP contribution >= 0.6 is 0 Å². The minimum atomic E-state index is -0.877. The number of aromatic nitrogens is 2. The van der Waals surface area contributed by atoms with Gasteiger partial charge in [-0.15, -0.1) is 0 Å². The summed E-state index contributed by atoms with van der Waals surface area (Å²) in [4.78, 5) is 16.7. The Bertz CT molecular complexity index is 2840. The fraction of sp³-hybridized carbons (Fsp3) is 0.0200. The Kier molecular flexibility index (Phi) is 6.73. The fourth-order valence-corrected chi connectivity index (χ4v) is 8.76. The lowest BCUT2D eigenvalue weighted by Gasteiger charge is -2.40. The first-order valence-corrected chi connectivity index (χ1v) is 18.4. The van der Waals surface area contributed by atoms with Crippen molar-refractivity contribution in [3.8, 4) is 33.9 Å². The molecule has 0 N–H and O–H groups in total. The largest absolute Gasteiger partial charge is 0.304 e. The highest BCUT2D eigenvalue weighted by Crippen LogP contribution is 2.60. The van der Waals surface area contributed by atoms with Gasteiger partial charge in [0.1, 0.15) is 11.4 Å². The van der Waals surface area contributed by atoms with Gasteiger partial charge in [0.05, 0.1) is 22.8 Å². The van der Waals surface area contributed by atoms with Gasteiger partial charge in [0.15, 0.2) is 5.82 Å². The van der Waals surface area contributed by atoms with Crippen LogP contribution in [0.3, 0.4) is 0 Å². The van der Waals surface area contributed by atoms with Crippen LogP contribution in [0.4, 0.5) is 0 Å². The van der Waals surface area contributed by atoms with E-state index in [1.807, 2.05) is 12.1 Å².